The molecule has 2 aromatic rings. The van der Waals surface area contributed by atoms with Crippen LogP contribution in [0.5, 0.6) is 0 Å². The first-order chi connectivity index (χ1) is 10.9. The predicted molar refractivity (Wildman–Crippen MR) is 88.9 cm³/mol. The molecule has 0 atom stereocenters. The van der Waals surface area contributed by atoms with Gasteiger partial charge in [-0.1, -0.05) is 18.2 Å². The van der Waals surface area contributed by atoms with Crippen LogP contribution >= 0.6 is 11.8 Å². The van der Waals surface area contributed by atoms with Crippen LogP contribution in [0.2, 0.25) is 0 Å². The molecule has 124 valence electrons. The van der Waals surface area contributed by atoms with Crippen molar-refractivity contribution in [3.8, 4) is 0 Å². The third-order valence-corrected chi connectivity index (χ3v) is 5.66. The fourth-order valence-corrected chi connectivity index (χ4v) is 4.00. The zero-order chi connectivity index (χ0) is 16.9. The summed E-state index contributed by atoms with van der Waals surface area (Å²) in [6.45, 7) is 1.73. The zero-order valence-electron chi connectivity index (χ0n) is 12.6. The summed E-state index contributed by atoms with van der Waals surface area (Å²) >= 11 is 1.44. The lowest BCUT2D eigenvalue weighted by molar-refractivity contribution is 0.582. The van der Waals surface area contributed by atoms with Crippen LogP contribution in [0.25, 0.3) is 0 Å². The number of hydrogen-bond acceptors (Lipinski definition) is 3. The van der Waals surface area contributed by atoms with Crippen molar-refractivity contribution in [2.75, 3.05) is 12.3 Å². The van der Waals surface area contributed by atoms with Crippen molar-refractivity contribution in [3.05, 3.63) is 65.2 Å². The third-order valence-electron chi connectivity index (χ3n) is 3.19. The molecule has 0 amide bonds. The standard InChI is InChI=1S/C16H17F2NO2S2/c1-12-10-14(6-7-15(12)17)23(20,21)19-8-9-22-11-13-4-2-3-5-16(13)18/h2-7,10,19H,8-9,11H2,1H3. The quantitative estimate of drug-likeness (QED) is 0.772. The Bertz CT molecular complexity index is 779. The van der Waals surface area contributed by atoms with E-state index in [2.05, 4.69) is 4.72 Å². The van der Waals surface area contributed by atoms with Gasteiger partial charge in [0.1, 0.15) is 11.6 Å². The van der Waals surface area contributed by atoms with Crippen LogP contribution in [0.15, 0.2) is 47.4 Å². The minimum atomic E-state index is -3.66. The van der Waals surface area contributed by atoms with E-state index in [0.29, 0.717) is 17.1 Å². The molecular formula is C16H17F2NO2S2. The highest BCUT2D eigenvalue weighted by atomic mass is 32.2. The van der Waals surface area contributed by atoms with E-state index in [9.17, 15) is 17.2 Å². The van der Waals surface area contributed by atoms with Crippen molar-refractivity contribution in [1.82, 2.24) is 4.72 Å². The number of sulfonamides is 1. The third kappa shape index (κ3) is 5.02. The molecule has 0 saturated heterocycles. The van der Waals surface area contributed by atoms with E-state index < -0.39 is 15.8 Å². The second-order valence-electron chi connectivity index (χ2n) is 4.95. The van der Waals surface area contributed by atoms with E-state index in [0.717, 1.165) is 6.07 Å². The topological polar surface area (TPSA) is 46.2 Å². The Labute approximate surface area is 139 Å². The Hall–Kier alpha value is -1.44. The summed E-state index contributed by atoms with van der Waals surface area (Å²) < 4.78 is 53.2. The zero-order valence-corrected chi connectivity index (χ0v) is 14.2. The maximum atomic E-state index is 13.4. The molecule has 0 radical (unpaired) electrons. The molecule has 0 bridgehead atoms. The number of nitrogens with one attached hydrogen (secondary N) is 1. The Morgan fingerprint density at radius 2 is 1.83 bits per heavy atom. The Morgan fingerprint density at radius 1 is 1.09 bits per heavy atom. The average Bonchev–Trinajstić information content (AvgIpc) is 2.51. The molecule has 0 aliphatic rings. The summed E-state index contributed by atoms with van der Waals surface area (Å²) in [6, 6.07) is 10.2. The van der Waals surface area contributed by atoms with Crippen LogP contribution in [0.1, 0.15) is 11.1 Å². The Kier molecular flexibility index (Phi) is 6.15. The summed E-state index contributed by atoms with van der Waals surface area (Å²) in [5.41, 5.74) is 0.872. The molecule has 7 heteroatoms. The van der Waals surface area contributed by atoms with E-state index in [1.807, 2.05) is 0 Å². The fourth-order valence-electron chi connectivity index (χ4n) is 1.91. The molecule has 0 unspecified atom stereocenters. The monoisotopic (exact) mass is 357 g/mol. The first-order valence-corrected chi connectivity index (χ1v) is 9.61. The van der Waals surface area contributed by atoms with Gasteiger partial charge < -0.3 is 0 Å². The number of rotatable bonds is 7. The second kappa shape index (κ2) is 7.90. The molecule has 0 fully saturated rings. The van der Waals surface area contributed by atoms with E-state index >= 15 is 0 Å². The van der Waals surface area contributed by atoms with Gasteiger partial charge in [-0.05, 0) is 42.3 Å². The summed E-state index contributed by atoms with van der Waals surface area (Å²) in [5, 5.41) is 0. The highest BCUT2D eigenvalue weighted by molar-refractivity contribution is 7.98. The maximum Gasteiger partial charge on any atom is 0.240 e. The lowest BCUT2D eigenvalue weighted by Gasteiger charge is -2.08. The minimum absolute atomic E-state index is 0.0375. The largest absolute Gasteiger partial charge is 0.240 e. The van der Waals surface area contributed by atoms with Crippen molar-refractivity contribution < 1.29 is 17.2 Å². The number of hydrogen-bond donors (Lipinski definition) is 1. The highest BCUT2D eigenvalue weighted by Gasteiger charge is 2.14. The van der Waals surface area contributed by atoms with Gasteiger partial charge in [-0.25, -0.2) is 21.9 Å². The molecule has 23 heavy (non-hydrogen) atoms. The summed E-state index contributed by atoms with van der Waals surface area (Å²) in [5.74, 6) is 0.282. The van der Waals surface area contributed by atoms with Gasteiger partial charge in [0, 0.05) is 18.1 Å². The minimum Gasteiger partial charge on any atom is -0.210 e. The molecule has 0 aromatic heterocycles. The molecular weight excluding hydrogens is 340 g/mol. The first-order valence-electron chi connectivity index (χ1n) is 6.97. The van der Waals surface area contributed by atoms with E-state index in [4.69, 9.17) is 0 Å². The van der Waals surface area contributed by atoms with Gasteiger partial charge in [0.25, 0.3) is 0 Å². The average molecular weight is 357 g/mol. The number of benzene rings is 2. The SMILES string of the molecule is Cc1cc(S(=O)(=O)NCCSCc2ccccc2F)ccc1F. The Morgan fingerprint density at radius 3 is 2.52 bits per heavy atom. The lowest BCUT2D eigenvalue weighted by Crippen LogP contribution is -2.26. The van der Waals surface area contributed by atoms with Crippen molar-refractivity contribution in [2.45, 2.75) is 17.6 Å². The van der Waals surface area contributed by atoms with E-state index in [1.54, 1.807) is 18.2 Å². The van der Waals surface area contributed by atoms with Crippen LogP contribution in [-0.4, -0.2) is 20.7 Å². The fraction of sp³-hybridized carbons (Fsp3) is 0.250. The second-order valence-corrected chi connectivity index (χ2v) is 7.82. The van der Waals surface area contributed by atoms with Crippen molar-refractivity contribution >= 4 is 21.8 Å². The molecule has 0 spiro atoms. The summed E-state index contributed by atoms with van der Waals surface area (Å²) in [7, 11) is -3.66. The highest BCUT2D eigenvalue weighted by Crippen LogP contribution is 2.16. The van der Waals surface area contributed by atoms with Crippen LogP contribution in [0.4, 0.5) is 8.78 Å². The van der Waals surface area contributed by atoms with Gasteiger partial charge in [-0.2, -0.15) is 11.8 Å². The van der Waals surface area contributed by atoms with Crippen molar-refractivity contribution in [2.24, 2.45) is 0 Å². The van der Waals surface area contributed by atoms with Crippen LogP contribution in [0, 0.1) is 18.6 Å². The van der Waals surface area contributed by atoms with E-state index in [1.165, 1.54) is 36.9 Å². The molecule has 3 nitrogen and oxygen atoms in total. The summed E-state index contributed by atoms with van der Waals surface area (Å²) in [4.78, 5) is 0.0375. The van der Waals surface area contributed by atoms with Gasteiger partial charge in [-0.3, -0.25) is 0 Å². The summed E-state index contributed by atoms with van der Waals surface area (Å²) in [6.07, 6.45) is 0. The first kappa shape index (κ1) is 17.9. The number of thioether (sulfide) groups is 1. The van der Waals surface area contributed by atoms with E-state index in [-0.39, 0.29) is 22.8 Å². The van der Waals surface area contributed by atoms with Crippen molar-refractivity contribution in [1.29, 1.82) is 0 Å². The Balaban J connectivity index is 1.83. The van der Waals surface area contributed by atoms with Gasteiger partial charge >= 0.3 is 0 Å². The van der Waals surface area contributed by atoms with Crippen LogP contribution in [0.3, 0.4) is 0 Å². The molecule has 2 aromatic carbocycles. The van der Waals surface area contributed by atoms with Gasteiger partial charge in [0.15, 0.2) is 0 Å². The molecule has 0 saturated carbocycles. The predicted octanol–water partition coefficient (Wildman–Crippen LogP) is 3.48. The van der Waals surface area contributed by atoms with Crippen LogP contribution in [-0.2, 0) is 15.8 Å². The number of aryl methyl sites for hydroxylation is 1. The van der Waals surface area contributed by atoms with Crippen molar-refractivity contribution in [3.63, 3.8) is 0 Å². The molecule has 0 aliphatic carbocycles. The van der Waals surface area contributed by atoms with Gasteiger partial charge in [0.05, 0.1) is 4.90 Å². The maximum absolute atomic E-state index is 13.4. The molecule has 0 heterocycles. The molecule has 0 aliphatic heterocycles. The van der Waals surface area contributed by atoms with Crippen LogP contribution < -0.4 is 4.72 Å². The molecule has 1 N–H and O–H groups in total. The smallest absolute Gasteiger partial charge is 0.210 e. The van der Waals surface area contributed by atoms with Gasteiger partial charge in [-0.15, -0.1) is 0 Å². The number of halogens is 2. The lowest BCUT2D eigenvalue weighted by atomic mass is 10.2. The normalized spacial score (nSPS) is 11.6. The van der Waals surface area contributed by atoms with Gasteiger partial charge in [0.2, 0.25) is 10.0 Å². The molecule has 2 rings (SSSR count).